The molecule has 0 aromatic carbocycles. The zero-order valence-electron chi connectivity index (χ0n) is 15.3. The monoisotopic (exact) mass is 488 g/mol. The molecule has 0 aliphatic carbocycles. The van der Waals surface area contributed by atoms with Gasteiger partial charge in [-0.25, -0.2) is 9.98 Å². The molecule has 0 saturated heterocycles. The minimum atomic E-state index is 0. The third kappa shape index (κ3) is 4.76. The summed E-state index contributed by atoms with van der Waals surface area (Å²) in [7, 11) is 0. The second-order valence-corrected chi connectivity index (χ2v) is 6.48. The number of fused-ring (bicyclic) bond motifs is 1. The fourth-order valence-corrected chi connectivity index (χ4v) is 3.37. The van der Waals surface area contributed by atoms with Gasteiger partial charge in [-0.15, -0.1) is 35.3 Å². The molecule has 0 aliphatic rings. The largest absolute Gasteiger partial charge is 0.361 e. The van der Waals surface area contributed by atoms with E-state index < -0.39 is 0 Å². The second-order valence-electron chi connectivity index (χ2n) is 5.61. The number of nitrogens with one attached hydrogen (secondary N) is 2. The highest BCUT2D eigenvalue weighted by atomic mass is 127. The number of aromatic nitrogens is 3. The molecule has 3 aromatic heterocycles. The molecule has 0 saturated carbocycles. The molecule has 0 atom stereocenters. The minimum Gasteiger partial charge on any atom is -0.361 e. The normalized spacial score (nSPS) is 11.6. The summed E-state index contributed by atoms with van der Waals surface area (Å²) in [6, 6.07) is 0. The van der Waals surface area contributed by atoms with E-state index in [1.54, 1.807) is 11.3 Å². The van der Waals surface area contributed by atoms with Crippen LogP contribution >= 0.6 is 35.3 Å². The van der Waals surface area contributed by atoms with Crippen LogP contribution in [0.15, 0.2) is 27.3 Å². The lowest BCUT2D eigenvalue weighted by Gasteiger charge is -2.10. The molecule has 0 radical (unpaired) electrons. The van der Waals surface area contributed by atoms with Gasteiger partial charge in [-0.3, -0.25) is 4.40 Å². The second kappa shape index (κ2) is 9.91. The van der Waals surface area contributed by atoms with Gasteiger partial charge in [-0.2, -0.15) is 0 Å². The first-order valence-corrected chi connectivity index (χ1v) is 9.52. The van der Waals surface area contributed by atoms with Gasteiger partial charge in [-0.05, 0) is 13.3 Å². The predicted molar refractivity (Wildman–Crippen MR) is 115 cm³/mol. The molecule has 0 bridgehead atoms. The molecule has 2 N–H and O–H groups in total. The molecule has 3 rings (SSSR count). The SMILES string of the molecule is CCNC(=NCc1c(CC)noc1CC)NCc1cn2ccsc2n1.I. The number of halogens is 1. The van der Waals surface area contributed by atoms with E-state index in [0.29, 0.717) is 13.1 Å². The fourth-order valence-electron chi connectivity index (χ4n) is 2.65. The van der Waals surface area contributed by atoms with Crippen molar-refractivity contribution in [1.82, 2.24) is 25.2 Å². The number of aliphatic imine (C=N–C) groups is 1. The summed E-state index contributed by atoms with van der Waals surface area (Å²) in [5.74, 6) is 1.69. The average Bonchev–Trinajstić information content (AvgIpc) is 3.30. The molecule has 26 heavy (non-hydrogen) atoms. The van der Waals surface area contributed by atoms with Gasteiger partial charge in [0.25, 0.3) is 0 Å². The first kappa shape index (κ1) is 20.7. The van der Waals surface area contributed by atoms with Crippen molar-refractivity contribution < 1.29 is 4.52 Å². The van der Waals surface area contributed by atoms with Crippen molar-refractivity contribution in [2.45, 2.75) is 46.7 Å². The number of thiazole rings is 1. The van der Waals surface area contributed by atoms with Crippen molar-refractivity contribution in [3.05, 3.63) is 40.5 Å². The van der Waals surface area contributed by atoms with Crippen molar-refractivity contribution in [2.24, 2.45) is 4.99 Å². The Morgan fingerprint density at radius 2 is 2.12 bits per heavy atom. The first-order chi connectivity index (χ1) is 12.2. The Kier molecular flexibility index (Phi) is 7.88. The van der Waals surface area contributed by atoms with Gasteiger partial charge in [0, 0.05) is 36.3 Å². The molecular formula is C17H25IN6OS. The average molecular weight is 488 g/mol. The highest BCUT2D eigenvalue weighted by Gasteiger charge is 2.13. The molecule has 7 nitrogen and oxygen atoms in total. The van der Waals surface area contributed by atoms with E-state index in [1.807, 2.05) is 22.2 Å². The summed E-state index contributed by atoms with van der Waals surface area (Å²) >= 11 is 1.63. The first-order valence-electron chi connectivity index (χ1n) is 8.64. The molecule has 0 amide bonds. The third-order valence-electron chi connectivity index (χ3n) is 3.93. The van der Waals surface area contributed by atoms with Crippen LogP contribution in [0.5, 0.6) is 0 Å². The lowest BCUT2D eigenvalue weighted by Crippen LogP contribution is -2.36. The van der Waals surface area contributed by atoms with E-state index in [0.717, 1.165) is 53.0 Å². The van der Waals surface area contributed by atoms with Crippen LogP contribution < -0.4 is 10.6 Å². The number of aryl methyl sites for hydroxylation is 2. The summed E-state index contributed by atoms with van der Waals surface area (Å²) in [4.78, 5) is 10.3. The van der Waals surface area contributed by atoms with Crippen LogP contribution in [0.4, 0.5) is 0 Å². The minimum absolute atomic E-state index is 0. The van der Waals surface area contributed by atoms with Crippen molar-refractivity contribution in [3.63, 3.8) is 0 Å². The van der Waals surface area contributed by atoms with Gasteiger partial charge >= 0.3 is 0 Å². The maximum atomic E-state index is 5.41. The van der Waals surface area contributed by atoms with Gasteiger partial charge in [0.15, 0.2) is 10.9 Å². The van der Waals surface area contributed by atoms with Crippen LogP contribution in [0.1, 0.15) is 43.5 Å². The summed E-state index contributed by atoms with van der Waals surface area (Å²) in [5.41, 5.74) is 3.08. The maximum Gasteiger partial charge on any atom is 0.193 e. The number of hydrogen-bond acceptors (Lipinski definition) is 5. The topological polar surface area (TPSA) is 79.8 Å². The predicted octanol–water partition coefficient (Wildman–Crippen LogP) is 3.38. The van der Waals surface area contributed by atoms with E-state index in [2.05, 4.69) is 41.5 Å². The van der Waals surface area contributed by atoms with Gasteiger partial charge in [0.2, 0.25) is 0 Å². The van der Waals surface area contributed by atoms with Gasteiger partial charge in [0.1, 0.15) is 5.76 Å². The van der Waals surface area contributed by atoms with Crippen LogP contribution in [0.2, 0.25) is 0 Å². The number of rotatable bonds is 7. The lowest BCUT2D eigenvalue weighted by atomic mass is 10.1. The highest BCUT2D eigenvalue weighted by Crippen LogP contribution is 2.17. The van der Waals surface area contributed by atoms with E-state index in [4.69, 9.17) is 9.52 Å². The molecule has 3 heterocycles. The Bertz CT molecular complexity index is 803. The molecule has 0 spiro atoms. The lowest BCUT2D eigenvalue weighted by molar-refractivity contribution is 0.380. The zero-order valence-corrected chi connectivity index (χ0v) is 18.4. The summed E-state index contributed by atoms with van der Waals surface area (Å²) in [6.45, 7) is 8.20. The van der Waals surface area contributed by atoms with Gasteiger partial charge in [0.05, 0.1) is 24.5 Å². The molecule has 0 aliphatic heterocycles. The standard InChI is InChI=1S/C17H24N6OS.HI/c1-4-14-13(15(5-2)24-22-14)10-20-16(18-6-3)19-9-12-11-23-7-8-25-17(23)21-12;/h7-8,11H,4-6,9-10H2,1-3H3,(H2,18,19,20);1H. The molecule has 9 heteroatoms. The van der Waals surface area contributed by atoms with E-state index in [9.17, 15) is 0 Å². The Morgan fingerprint density at radius 1 is 1.27 bits per heavy atom. The summed E-state index contributed by atoms with van der Waals surface area (Å²) < 4.78 is 7.44. The number of guanidine groups is 1. The van der Waals surface area contributed by atoms with Crippen LogP contribution in [-0.2, 0) is 25.9 Å². The maximum absolute atomic E-state index is 5.41. The molecular weight excluding hydrogens is 463 g/mol. The number of imidazole rings is 1. The smallest absolute Gasteiger partial charge is 0.193 e. The van der Waals surface area contributed by atoms with E-state index in [1.165, 1.54) is 0 Å². The fraction of sp³-hybridized carbons (Fsp3) is 0.471. The van der Waals surface area contributed by atoms with E-state index in [-0.39, 0.29) is 24.0 Å². The molecule has 0 unspecified atom stereocenters. The quantitative estimate of drug-likeness (QED) is 0.303. The Morgan fingerprint density at radius 3 is 2.81 bits per heavy atom. The van der Waals surface area contributed by atoms with E-state index >= 15 is 0 Å². The van der Waals surface area contributed by atoms with Crippen molar-refractivity contribution in [1.29, 1.82) is 0 Å². The molecule has 142 valence electrons. The summed E-state index contributed by atoms with van der Waals surface area (Å²) in [5, 5.41) is 12.8. The van der Waals surface area contributed by atoms with Crippen LogP contribution in [0, 0.1) is 0 Å². The van der Waals surface area contributed by atoms with Crippen molar-refractivity contribution in [2.75, 3.05) is 6.54 Å². The highest BCUT2D eigenvalue weighted by molar-refractivity contribution is 14.0. The number of hydrogen-bond donors (Lipinski definition) is 2. The van der Waals surface area contributed by atoms with Crippen molar-refractivity contribution >= 4 is 46.2 Å². The van der Waals surface area contributed by atoms with Gasteiger partial charge in [-0.1, -0.05) is 19.0 Å². The zero-order chi connectivity index (χ0) is 17.6. The van der Waals surface area contributed by atoms with Crippen LogP contribution in [0.3, 0.4) is 0 Å². The van der Waals surface area contributed by atoms with Crippen LogP contribution in [-0.4, -0.2) is 27.0 Å². The Hall–Kier alpha value is -1.62. The third-order valence-corrected chi connectivity index (χ3v) is 4.70. The Labute approximate surface area is 174 Å². The van der Waals surface area contributed by atoms with Crippen LogP contribution in [0.25, 0.3) is 4.96 Å². The molecule has 3 aromatic rings. The molecule has 0 fully saturated rings. The van der Waals surface area contributed by atoms with Crippen molar-refractivity contribution in [3.8, 4) is 0 Å². The van der Waals surface area contributed by atoms with Gasteiger partial charge < -0.3 is 15.2 Å². The summed E-state index contributed by atoms with van der Waals surface area (Å²) in [6.07, 6.45) is 5.73. The Balaban J connectivity index is 0.00000243. The number of nitrogens with zero attached hydrogens (tertiary/aromatic N) is 4.